The monoisotopic (exact) mass is 292 g/mol. The van der Waals surface area contributed by atoms with Crippen LogP contribution in [0, 0.1) is 0 Å². The quantitative estimate of drug-likeness (QED) is 0.790. The minimum Gasteiger partial charge on any atom is -0.399 e. The highest BCUT2D eigenvalue weighted by atomic mass is 19.4. The van der Waals surface area contributed by atoms with Crippen molar-refractivity contribution in [3.8, 4) is 0 Å². The van der Waals surface area contributed by atoms with Crippen LogP contribution in [0.25, 0.3) is 5.65 Å². The third kappa shape index (κ3) is 2.67. The fraction of sp³-hybridized carbons (Fsp3) is 0.143. The molecule has 108 valence electrons. The molecule has 2 aromatic heterocycles. The van der Waals surface area contributed by atoms with Crippen LogP contribution < -0.4 is 5.73 Å². The van der Waals surface area contributed by atoms with E-state index in [1.165, 1.54) is 16.6 Å². The Bertz CT molecular complexity index is 792. The van der Waals surface area contributed by atoms with E-state index < -0.39 is 11.7 Å². The predicted octanol–water partition coefficient (Wildman–Crippen LogP) is 2.92. The number of rotatable bonds is 2. The number of nitrogens with zero attached hydrogens (tertiary/aromatic N) is 3. The second-order valence-corrected chi connectivity index (χ2v) is 4.62. The summed E-state index contributed by atoms with van der Waals surface area (Å²) in [6.07, 6.45) is -2.76. The van der Waals surface area contributed by atoms with Gasteiger partial charge in [-0.15, -0.1) is 0 Å². The minimum absolute atomic E-state index is 0.0112. The van der Waals surface area contributed by atoms with Crippen molar-refractivity contribution >= 4 is 11.3 Å². The Morgan fingerprint density at radius 1 is 1.14 bits per heavy atom. The van der Waals surface area contributed by atoms with Crippen LogP contribution in [-0.4, -0.2) is 14.6 Å². The Balaban J connectivity index is 1.99. The number of anilines is 1. The average Bonchev–Trinajstić information content (AvgIpc) is 2.79. The van der Waals surface area contributed by atoms with Crippen LogP contribution in [0.5, 0.6) is 0 Å². The predicted molar refractivity (Wildman–Crippen MR) is 71.6 cm³/mol. The molecule has 1 aromatic carbocycles. The van der Waals surface area contributed by atoms with Gasteiger partial charge in [0.1, 0.15) is 0 Å². The summed E-state index contributed by atoms with van der Waals surface area (Å²) in [6.45, 7) is 0. The number of hydrogen-bond donors (Lipinski definition) is 1. The third-order valence-corrected chi connectivity index (χ3v) is 3.08. The van der Waals surface area contributed by atoms with Gasteiger partial charge in [-0.1, -0.05) is 18.2 Å². The molecule has 21 heavy (non-hydrogen) atoms. The fourth-order valence-electron chi connectivity index (χ4n) is 2.14. The summed E-state index contributed by atoms with van der Waals surface area (Å²) in [7, 11) is 0. The zero-order chi connectivity index (χ0) is 15.0. The number of benzene rings is 1. The Morgan fingerprint density at radius 2 is 1.90 bits per heavy atom. The van der Waals surface area contributed by atoms with E-state index in [1.807, 2.05) is 0 Å². The molecular weight excluding hydrogens is 281 g/mol. The van der Waals surface area contributed by atoms with Crippen molar-refractivity contribution in [2.75, 3.05) is 5.73 Å². The van der Waals surface area contributed by atoms with E-state index >= 15 is 0 Å². The lowest BCUT2D eigenvalue weighted by molar-refractivity contribution is -0.138. The number of aromatic nitrogens is 3. The van der Waals surface area contributed by atoms with Gasteiger partial charge in [0, 0.05) is 24.4 Å². The molecule has 4 nitrogen and oxygen atoms in total. The van der Waals surface area contributed by atoms with Gasteiger partial charge in [-0.2, -0.15) is 18.3 Å². The summed E-state index contributed by atoms with van der Waals surface area (Å²) in [5.74, 6) is 0.317. The van der Waals surface area contributed by atoms with E-state index in [2.05, 4.69) is 10.1 Å². The SMILES string of the molecule is Nc1ccn2nc(Cc3ccccc3C(F)(F)F)nc2c1. The zero-order valence-electron chi connectivity index (χ0n) is 10.8. The fourth-order valence-corrected chi connectivity index (χ4v) is 2.14. The van der Waals surface area contributed by atoms with Crippen LogP contribution >= 0.6 is 0 Å². The van der Waals surface area contributed by atoms with Gasteiger partial charge >= 0.3 is 6.18 Å². The van der Waals surface area contributed by atoms with Gasteiger partial charge in [-0.05, 0) is 17.7 Å². The smallest absolute Gasteiger partial charge is 0.399 e. The first-order valence-electron chi connectivity index (χ1n) is 6.19. The van der Waals surface area contributed by atoms with E-state index in [4.69, 9.17) is 5.73 Å². The molecule has 3 rings (SSSR count). The van der Waals surface area contributed by atoms with Crippen molar-refractivity contribution < 1.29 is 13.2 Å². The van der Waals surface area contributed by atoms with Crippen LogP contribution in [0.4, 0.5) is 18.9 Å². The van der Waals surface area contributed by atoms with E-state index in [-0.39, 0.29) is 12.0 Å². The average molecular weight is 292 g/mol. The molecule has 2 N–H and O–H groups in total. The van der Waals surface area contributed by atoms with E-state index in [1.54, 1.807) is 24.4 Å². The summed E-state index contributed by atoms with van der Waals surface area (Å²) in [4.78, 5) is 4.20. The molecule has 3 aromatic rings. The van der Waals surface area contributed by atoms with Gasteiger partial charge in [0.15, 0.2) is 11.5 Å². The van der Waals surface area contributed by atoms with E-state index in [0.29, 0.717) is 17.2 Å². The van der Waals surface area contributed by atoms with Crippen LogP contribution in [0.2, 0.25) is 0 Å². The molecule has 0 aliphatic rings. The summed E-state index contributed by atoms with van der Waals surface area (Å²) < 4.78 is 40.3. The second kappa shape index (κ2) is 4.76. The van der Waals surface area contributed by atoms with Crippen molar-refractivity contribution in [2.24, 2.45) is 0 Å². The molecule has 0 fully saturated rings. The Morgan fingerprint density at radius 3 is 2.67 bits per heavy atom. The molecule has 0 unspecified atom stereocenters. The number of halogens is 3. The lowest BCUT2D eigenvalue weighted by atomic mass is 10.0. The highest BCUT2D eigenvalue weighted by molar-refractivity contribution is 5.51. The van der Waals surface area contributed by atoms with Gasteiger partial charge in [0.05, 0.1) is 5.56 Å². The third-order valence-electron chi connectivity index (χ3n) is 3.08. The van der Waals surface area contributed by atoms with Gasteiger partial charge in [0.2, 0.25) is 0 Å². The van der Waals surface area contributed by atoms with Gasteiger partial charge in [-0.3, -0.25) is 0 Å². The minimum atomic E-state index is -4.39. The number of pyridine rings is 1. The number of alkyl halides is 3. The first-order chi connectivity index (χ1) is 9.93. The topological polar surface area (TPSA) is 56.2 Å². The van der Waals surface area contributed by atoms with Gasteiger partial charge in [0.25, 0.3) is 0 Å². The van der Waals surface area contributed by atoms with Crippen LogP contribution in [-0.2, 0) is 12.6 Å². The Hall–Kier alpha value is -2.57. The summed E-state index contributed by atoms with van der Waals surface area (Å²) in [5, 5.41) is 4.15. The maximum absolute atomic E-state index is 12.9. The molecule has 0 saturated carbocycles. The van der Waals surface area contributed by atoms with Crippen LogP contribution in [0.3, 0.4) is 0 Å². The number of fused-ring (bicyclic) bond motifs is 1. The molecule has 0 aliphatic carbocycles. The maximum Gasteiger partial charge on any atom is 0.416 e. The van der Waals surface area contributed by atoms with Crippen molar-refractivity contribution in [3.63, 3.8) is 0 Å². The lowest BCUT2D eigenvalue weighted by Gasteiger charge is -2.11. The Kier molecular flexibility index (Phi) is 3.04. The number of nitrogens with two attached hydrogens (primary N) is 1. The second-order valence-electron chi connectivity index (χ2n) is 4.62. The lowest BCUT2D eigenvalue weighted by Crippen LogP contribution is -2.09. The zero-order valence-corrected chi connectivity index (χ0v) is 10.8. The Labute approximate surface area is 118 Å². The molecule has 0 spiro atoms. The molecule has 0 bridgehead atoms. The molecule has 0 atom stereocenters. The van der Waals surface area contributed by atoms with Crippen molar-refractivity contribution in [2.45, 2.75) is 12.6 Å². The van der Waals surface area contributed by atoms with E-state index in [0.717, 1.165) is 6.07 Å². The summed E-state index contributed by atoms with van der Waals surface area (Å²) in [6, 6.07) is 8.69. The normalized spacial score (nSPS) is 12.0. The van der Waals surface area contributed by atoms with Crippen LogP contribution in [0.15, 0.2) is 42.6 Å². The van der Waals surface area contributed by atoms with Crippen LogP contribution in [0.1, 0.15) is 17.0 Å². The van der Waals surface area contributed by atoms with E-state index in [9.17, 15) is 13.2 Å². The molecule has 0 saturated heterocycles. The summed E-state index contributed by atoms with van der Waals surface area (Å²) in [5.41, 5.74) is 6.15. The first kappa shape index (κ1) is 13.4. The van der Waals surface area contributed by atoms with Gasteiger partial charge < -0.3 is 5.73 Å². The highest BCUT2D eigenvalue weighted by Crippen LogP contribution is 2.32. The van der Waals surface area contributed by atoms with Gasteiger partial charge in [-0.25, -0.2) is 9.50 Å². The number of hydrogen-bond acceptors (Lipinski definition) is 3. The number of nitrogen functional groups attached to an aromatic ring is 1. The van der Waals surface area contributed by atoms with Crippen molar-refractivity contribution in [1.29, 1.82) is 0 Å². The highest BCUT2D eigenvalue weighted by Gasteiger charge is 2.33. The summed E-state index contributed by atoms with van der Waals surface area (Å²) >= 11 is 0. The molecule has 0 radical (unpaired) electrons. The molecular formula is C14H11F3N4. The largest absolute Gasteiger partial charge is 0.416 e. The van der Waals surface area contributed by atoms with Crippen molar-refractivity contribution in [1.82, 2.24) is 14.6 Å². The van der Waals surface area contributed by atoms with Crippen molar-refractivity contribution in [3.05, 3.63) is 59.5 Å². The molecule has 2 heterocycles. The molecule has 7 heteroatoms. The first-order valence-corrected chi connectivity index (χ1v) is 6.19. The maximum atomic E-state index is 12.9. The standard InChI is InChI=1S/C14H11F3N4/c15-14(16,17)11-4-2-1-3-9(11)7-12-19-13-8-10(18)5-6-21(13)20-12/h1-6,8H,7,18H2. The molecule has 0 amide bonds. The molecule has 0 aliphatic heterocycles.